The van der Waals surface area contributed by atoms with Crippen molar-refractivity contribution in [3.63, 3.8) is 0 Å². The molecule has 1 aromatic heterocycles. The second-order valence-electron chi connectivity index (χ2n) is 7.17. The van der Waals surface area contributed by atoms with Gasteiger partial charge in [0.05, 0.1) is 10.9 Å². The van der Waals surface area contributed by atoms with E-state index in [0.717, 1.165) is 0 Å². The molecular formula is C23H22FNO6S. The van der Waals surface area contributed by atoms with Gasteiger partial charge in [0.1, 0.15) is 17.3 Å². The lowest BCUT2D eigenvalue weighted by Gasteiger charge is -2.18. The van der Waals surface area contributed by atoms with E-state index in [9.17, 15) is 22.4 Å². The first-order valence-corrected chi connectivity index (χ1v) is 11.4. The van der Waals surface area contributed by atoms with Gasteiger partial charge in [0.15, 0.2) is 15.9 Å². The van der Waals surface area contributed by atoms with Gasteiger partial charge >= 0.3 is 5.97 Å². The summed E-state index contributed by atoms with van der Waals surface area (Å²) in [5, 5.41) is 2.68. The largest absolute Gasteiger partial charge is 0.453 e. The van der Waals surface area contributed by atoms with Crippen molar-refractivity contribution < 1.29 is 31.6 Å². The van der Waals surface area contributed by atoms with E-state index in [1.807, 2.05) is 0 Å². The van der Waals surface area contributed by atoms with Crippen LogP contribution in [0.25, 0.3) is 0 Å². The molecule has 168 valence electrons. The third kappa shape index (κ3) is 5.82. The van der Waals surface area contributed by atoms with E-state index in [-0.39, 0.29) is 22.2 Å². The number of amides is 1. The quantitative estimate of drug-likeness (QED) is 0.514. The first-order valence-electron chi connectivity index (χ1n) is 9.79. The molecule has 0 spiro atoms. The van der Waals surface area contributed by atoms with Crippen LogP contribution in [0.3, 0.4) is 0 Å². The summed E-state index contributed by atoms with van der Waals surface area (Å²) in [5.74, 6) is -2.39. The highest BCUT2D eigenvalue weighted by Crippen LogP contribution is 2.19. The third-order valence-corrected chi connectivity index (χ3v) is 6.33. The first kappa shape index (κ1) is 23.2. The Morgan fingerprint density at radius 2 is 1.66 bits per heavy atom. The smallest absolute Gasteiger partial charge is 0.375 e. The molecule has 0 bridgehead atoms. The lowest BCUT2D eigenvalue weighted by atomic mass is 10.1. The maximum absolute atomic E-state index is 13.0. The van der Waals surface area contributed by atoms with E-state index < -0.39 is 39.6 Å². The Balaban J connectivity index is 1.58. The SMILES string of the molecule is C[C@H](NC(=O)[C@@H](C)OC(=O)c1ccc(CS(=O)(=O)c2ccccc2)o1)c1ccc(F)cc1. The lowest BCUT2D eigenvalue weighted by Crippen LogP contribution is -2.37. The minimum Gasteiger partial charge on any atom is -0.453 e. The summed E-state index contributed by atoms with van der Waals surface area (Å²) < 4.78 is 48.4. The summed E-state index contributed by atoms with van der Waals surface area (Å²) in [6.07, 6.45) is -1.13. The molecule has 2 atom stereocenters. The van der Waals surface area contributed by atoms with E-state index in [1.54, 1.807) is 37.3 Å². The van der Waals surface area contributed by atoms with E-state index in [2.05, 4.69) is 5.32 Å². The van der Waals surface area contributed by atoms with Crippen molar-refractivity contribution in [2.24, 2.45) is 0 Å². The number of esters is 1. The van der Waals surface area contributed by atoms with Crippen molar-refractivity contribution in [3.05, 3.63) is 89.6 Å². The number of furan rings is 1. The van der Waals surface area contributed by atoms with Crippen LogP contribution in [0, 0.1) is 5.82 Å². The summed E-state index contributed by atoms with van der Waals surface area (Å²) >= 11 is 0. The van der Waals surface area contributed by atoms with Gasteiger partial charge in [0, 0.05) is 0 Å². The van der Waals surface area contributed by atoms with Crippen molar-refractivity contribution in [2.45, 2.75) is 36.6 Å². The molecular weight excluding hydrogens is 437 g/mol. The van der Waals surface area contributed by atoms with Crippen molar-refractivity contribution in [1.29, 1.82) is 0 Å². The molecule has 0 unspecified atom stereocenters. The number of rotatable bonds is 8. The van der Waals surface area contributed by atoms with E-state index in [0.29, 0.717) is 5.56 Å². The minimum absolute atomic E-state index is 0.0721. The molecule has 1 heterocycles. The van der Waals surface area contributed by atoms with Gasteiger partial charge in [0.25, 0.3) is 5.91 Å². The van der Waals surface area contributed by atoms with Crippen LogP contribution in [0.2, 0.25) is 0 Å². The maximum Gasteiger partial charge on any atom is 0.375 e. The Morgan fingerprint density at radius 1 is 1.00 bits per heavy atom. The Labute approximate surface area is 185 Å². The minimum atomic E-state index is -3.64. The fourth-order valence-corrected chi connectivity index (χ4v) is 4.17. The van der Waals surface area contributed by atoms with E-state index in [1.165, 1.54) is 43.3 Å². The third-order valence-electron chi connectivity index (χ3n) is 4.68. The predicted molar refractivity (Wildman–Crippen MR) is 114 cm³/mol. The highest BCUT2D eigenvalue weighted by Gasteiger charge is 2.24. The Morgan fingerprint density at radius 3 is 2.31 bits per heavy atom. The molecule has 0 aliphatic heterocycles. The summed E-state index contributed by atoms with van der Waals surface area (Å²) in [6.45, 7) is 3.11. The number of hydrogen-bond acceptors (Lipinski definition) is 6. The zero-order chi connectivity index (χ0) is 23.3. The van der Waals surface area contributed by atoms with Gasteiger partial charge in [-0.3, -0.25) is 4.79 Å². The Kier molecular flexibility index (Phi) is 7.09. The molecule has 0 aliphatic rings. The van der Waals surface area contributed by atoms with Crippen LogP contribution in [0.4, 0.5) is 4.39 Å². The molecule has 0 radical (unpaired) electrons. The molecule has 0 fully saturated rings. The highest BCUT2D eigenvalue weighted by atomic mass is 32.2. The van der Waals surface area contributed by atoms with Gasteiger partial charge in [-0.25, -0.2) is 17.6 Å². The number of nitrogens with one attached hydrogen (secondary N) is 1. The normalized spacial score (nSPS) is 13.2. The molecule has 0 saturated heterocycles. The number of carbonyl (C=O) groups excluding carboxylic acids is 2. The summed E-state index contributed by atoms with van der Waals surface area (Å²) in [4.78, 5) is 24.8. The van der Waals surface area contributed by atoms with Crippen LogP contribution >= 0.6 is 0 Å². The van der Waals surface area contributed by atoms with Crippen LogP contribution < -0.4 is 5.32 Å². The fraction of sp³-hybridized carbons (Fsp3) is 0.217. The topological polar surface area (TPSA) is 103 Å². The summed E-state index contributed by atoms with van der Waals surface area (Å²) in [7, 11) is -3.64. The van der Waals surface area contributed by atoms with Crippen LogP contribution in [0.5, 0.6) is 0 Å². The van der Waals surface area contributed by atoms with Gasteiger partial charge in [-0.1, -0.05) is 30.3 Å². The van der Waals surface area contributed by atoms with Crippen LogP contribution in [0.1, 0.15) is 41.8 Å². The van der Waals surface area contributed by atoms with Gasteiger partial charge < -0.3 is 14.5 Å². The number of halogens is 1. The number of hydrogen-bond donors (Lipinski definition) is 1. The molecule has 3 aromatic rings. The molecule has 2 aromatic carbocycles. The van der Waals surface area contributed by atoms with Crippen molar-refractivity contribution >= 4 is 21.7 Å². The van der Waals surface area contributed by atoms with Gasteiger partial charge in [-0.05, 0) is 55.8 Å². The lowest BCUT2D eigenvalue weighted by molar-refractivity contribution is -0.129. The van der Waals surface area contributed by atoms with Gasteiger partial charge in [-0.15, -0.1) is 0 Å². The van der Waals surface area contributed by atoms with Crippen molar-refractivity contribution in [1.82, 2.24) is 5.32 Å². The Hall–Kier alpha value is -3.46. The van der Waals surface area contributed by atoms with Crippen LogP contribution in [0.15, 0.2) is 76.0 Å². The van der Waals surface area contributed by atoms with Gasteiger partial charge in [-0.2, -0.15) is 0 Å². The molecule has 0 saturated carbocycles. The number of sulfone groups is 1. The Bertz CT molecular complexity index is 1190. The summed E-state index contributed by atoms with van der Waals surface area (Å²) in [6, 6.07) is 15.8. The molecule has 0 aliphatic carbocycles. The fourth-order valence-electron chi connectivity index (χ4n) is 2.90. The number of carbonyl (C=O) groups is 2. The van der Waals surface area contributed by atoms with Crippen LogP contribution in [-0.2, 0) is 25.1 Å². The monoisotopic (exact) mass is 459 g/mol. The van der Waals surface area contributed by atoms with Crippen molar-refractivity contribution in [2.75, 3.05) is 0 Å². The average Bonchev–Trinajstić information content (AvgIpc) is 3.22. The number of benzene rings is 2. The molecule has 9 heteroatoms. The summed E-state index contributed by atoms with van der Waals surface area (Å²) in [5.41, 5.74) is 0.688. The standard InChI is InChI=1S/C23H22FNO6S/c1-15(17-8-10-18(24)11-9-17)25-22(26)16(2)30-23(27)21-13-12-19(31-21)14-32(28,29)20-6-4-3-5-7-20/h3-13,15-16H,14H2,1-2H3,(H,25,26)/t15-,16+/m0/s1. The predicted octanol–water partition coefficient (Wildman–Crippen LogP) is 3.82. The van der Waals surface area contributed by atoms with E-state index in [4.69, 9.17) is 9.15 Å². The molecule has 1 amide bonds. The van der Waals surface area contributed by atoms with Crippen molar-refractivity contribution in [3.8, 4) is 0 Å². The van der Waals surface area contributed by atoms with Crippen LogP contribution in [-0.4, -0.2) is 26.4 Å². The zero-order valence-electron chi connectivity index (χ0n) is 17.4. The highest BCUT2D eigenvalue weighted by molar-refractivity contribution is 7.90. The average molecular weight is 459 g/mol. The first-order chi connectivity index (χ1) is 15.2. The zero-order valence-corrected chi connectivity index (χ0v) is 18.3. The maximum atomic E-state index is 13.0. The molecule has 7 nitrogen and oxygen atoms in total. The number of ether oxygens (including phenoxy) is 1. The molecule has 32 heavy (non-hydrogen) atoms. The van der Waals surface area contributed by atoms with E-state index >= 15 is 0 Å². The molecule has 3 rings (SSSR count). The second kappa shape index (κ2) is 9.78. The van der Waals surface area contributed by atoms with Gasteiger partial charge in [0.2, 0.25) is 5.76 Å². The second-order valence-corrected chi connectivity index (χ2v) is 9.16. The molecule has 1 N–H and O–H groups in total.